The van der Waals surface area contributed by atoms with Crippen LogP contribution in [0.4, 0.5) is 5.82 Å². The molecule has 0 bridgehead atoms. The van der Waals surface area contributed by atoms with E-state index in [0.29, 0.717) is 16.6 Å². The number of hydrogen-bond acceptors (Lipinski definition) is 11. The standard InChI is InChI=1S/C14H19N4O12P3/c1-3-14(6-27-32(23,24)30-33(25,26)29-31(20,21)22)9(19)4-10(28-14)18-5-8(2)11-12(15)16-7-17-13(11)18/h1,5,7,9-10,19H,4,6H2,2H3,(H,23,24)(H,25,26)(H2,15,16,17)(H2,20,21,22). The molecule has 7 N–H and O–H groups in total. The Hall–Kier alpha value is -1.69. The number of nitrogen functional groups attached to an aromatic ring is 1. The number of fused-ring (bicyclic) bond motifs is 1. The molecule has 5 atom stereocenters. The zero-order valence-electron chi connectivity index (χ0n) is 16.7. The predicted molar refractivity (Wildman–Crippen MR) is 109 cm³/mol. The molecule has 2 aromatic rings. The van der Waals surface area contributed by atoms with Crippen LogP contribution in [-0.2, 0) is 31.6 Å². The highest BCUT2D eigenvalue weighted by atomic mass is 31.3. The van der Waals surface area contributed by atoms with Crippen molar-refractivity contribution < 1.29 is 56.3 Å². The molecular weight excluding hydrogens is 509 g/mol. The minimum Gasteiger partial charge on any atom is -0.389 e. The van der Waals surface area contributed by atoms with Crippen LogP contribution in [0.3, 0.4) is 0 Å². The van der Waals surface area contributed by atoms with Crippen molar-refractivity contribution in [2.45, 2.75) is 31.3 Å². The molecule has 1 aliphatic heterocycles. The highest BCUT2D eigenvalue weighted by molar-refractivity contribution is 7.66. The number of phosphoric ester groups is 1. The molecule has 2 aromatic heterocycles. The first kappa shape index (κ1) is 25.9. The van der Waals surface area contributed by atoms with Crippen LogP contribution in [0.5, 0.6) is 0 Å². The summed E-state index contributed by atoms with van der Waals surface area (Å²) >= 11 is 0. The third-order valence-electron chi connectivity index (χ3n) is 4.55. The molecule has 0 saturated carbocycles. The summed E-state index contributed by atoms with van der Waals surface area (Å²) in [5, 5.41) is 11.1. The van der Waals surface area contributed by atoms with E-state index in [1.54, 1.807) is 13.1 Å². The second-order valence-corrected chi connectivity index (χ2v) is 11.3. The van der Waals surface area contributed by atoms with Crippen molar-refractivity contribution in [3.63, 3.8) is 0 Å². The minimum atomic E-state index is -5.72. The maximum atomic E-state index is 12.0. The van der Waals surface area contributed by atoms with Gasteiger partial charge in [-0.25, -0.2) is 23.7 Å². The van der Waals surface area contributed by atoms with Gasteiger partial charge in [-0.2, -0.15) is 8.62 Å². The van der Waals surface area contributed by atoms with E-state index in [1.165, 1.54) is 10.9 Å². The Morgan fingerprint density at radius 1 is 1.27 bits per heavy atom. The highest BCUT2D eigenvalue weighted by Gasteiger charge is 2.51. The zero-order chi connectivity index (χ0) is 24.8. The van der Waals surface area contributed by atoms with Gasteiger partial charge in [-0.3, -0.25) is 4.52 Å². The average Bonchev–Trinajstić information content (AvgIpc) is 3.15. The summed E-state index contributed by atoms with van der Waals surface area (Å²) in [6.07, 6.45) is 5.83. The van der Waals surface area contributed by atoms with Crippen molar-refractivity contribution in [3.8, 4) is 12.3 Å². The quantitative estimate of drug-likeness (QED) is 0.199. The van der Waals surface area contributed by atoms with Crippen molar-refractivity contribution in [1.82, 2.24) is 14.5 Å². The van der Waals surface area contributed by atoms with Crippen LogP contribution in [0.2, 0.25) is 0 Å². The van der Waals surface area contributed by atoms with E-state index in [9.17, 15) is 28.6 Å². The molecule has 33 heavy (non-hydrogen) atoms. The number of aliphatic hydroxyl groups is 1. The largest absolute Gasteiger partial charge is 0.490 e. The second-order valence-electron chi connectivity index (χ2n) is 6.90. The summed E-state index contributed by atoms with van der Waals surface area (Å²) in [4.78, 5) is 44.1. The molecule has 5 unspecified atom stereocenters. The van der Waals surface area contributed by atoms with E-state index in [1.807, 2.05) is 0 Å². The van der Waals surface area contributed by atoms with Gasteiger partial charge in [-0.1, -0.05) is 5.92 Å². The van der Waals surface area contributed by atoms with Crippen LogP contribution in [0.1, 0.15) is 18.2 Å². The number of phosphoric acid groups is 3. The highest BCUT2D eigenvalue weighted by Crippen LogP contribution is 2.66. The first-order chi connectivity index (χ1) is 15.1. The molecule has 3 rings (SSSR count). The zero-order valence-corrected chi connectivity index (χ0v) is 19.3. The molecule has 182 valence electrons. The third kappa shape index (κ3) is 5.70. The number of aromatic nitrogens is 3. The lowest BCUT2D eigenvalue weighted by atomic mass is 9.99. The fourth-order valence-corrected chi connectivity index (χ4v) is 6.27. The average molecular weight is 528 g/mol. The van der Waals surface area contributed by atoms with Crippen molar-refractivity contribution >= 4 is 40.3 Å². The number of hydrogen-bond donors (Lipinski definition) is 6. The Bertz CT molecular complexity index is 1250. The van der Waals surface area contributed by atoms with Crippen molar-refractivity contribution in [3.05, 3.63) is 18.1 Å². The smallest absolute Gasteiger partial charge is 0.389 e. The van der Waals surface area contributed by atoms with E-state index < -0.39 is 48.0 Å². The molecule has 19 heteroatoms. The van der Waals surface area contributed by atoms with Crippen LogP contribution >= 0.6 is 23.5 Å². The van der Waals surface area contributed by atoms with Gasteiger partial charge in [0.25, 0.3) is 0 Å². The minimum absolute atomic E-state index is 0.114. The monoisotopic (exact) mass is 528 g/mol. The molecule has 1 saturated heterocycles. The summed E-state index contributed by atoms with van der Waals surface area (Å²) in [5.74, 6) is 2.34. The van der Waals surface area contributed by atoms with Crippen molar-refractivity contribution in [2.75, 3.05) is 12.3 Å². The third-order valence-corrected chi connectivity index (χ3v) is 8.33. The molecule has 1 aliphatic rings. The van der Waals surface area contributed by atoms with Gasteiger partial charge >= 0.3 is 23.5 Å². The molecule has 1 fully saturated rings. The Kier molecular flexibility index (Phi) is 6.94. The lowest BCUT2D eigenvalue weighted by Gasteiger charge is -2.27. The van der Waals surface area contributed by atoms with Crippen LogP contribution in [0.25, 0.3) is 11.0 Å². The van der Waals surface area contributed by atoms with Gasteiger partial charge in [0.2, 0.25) is 0 Å². The number of rotatable bonds is 8. The van der Waals surface area contributed by atoms with Crippen LogP contribution < -0.4 is 5.73 Å². The molecular formula is C14H19N4O12P3. The first-order valence-electron chi connectivity index (χ1n) is 8.78. The van der Waals surface area contributed by atoms with Gasteiger partial charge in [-0.15, -0.1) is 6.42 Å². The summed E-state index contributed by atoms with van der Waals surface area (Å²) < 4.78 is 53.3. The Balaban J connectivity index is 1.79. The number of nitrogens with zero attached hydrogens (tertiary/aromatic N) is 3. The van der Waals surface area contributed by atoms with Crippen molar-refractivity contribution in [1.29, 1.82) is 0 Å². The van der Waals surface area contributed by atoms with Crippen LogP contribution in [-0.4, -0.2) is 57.5 Å². The molecule has 0 radical (unpaired) electrons. The van der Waals surface area contributed by atoms with Gasteiger partial charge in [0, 0.05) is 12.6 Å². The number of terminal acetylenes is 1. The van der Waals surface area contributed by atoms with Crippen LogP contribution in [0.15, 0.2) is 12.5 Å². The van der Waals surface area contributed by atoms with Gasteiger partial charge < -0.3 is 39.7 Å². The molecule has 3 heterocycles. The summed E-state index contributed by atoms with van der Waals surface area (Å²) in [7, 11) is -16.7. The van der Waals surface area contributed by atoms with Gasteiger partial charge in [0.05, 0.1) is 5.39 Å². The van der Waals surface area contributed by atoms with Crippen LogP contribution in [0, 0.1) is 19.3 Å². The van der Waals surface area contributed by atoms with Gasteiger partial charge in [0.1, 0.15) is 36.7 Å². The Morgan fingerprint density at radius 3 is 2.55 bits per heavy atom. The fourth-order valence-electron chi connectivity index (χ4n) is 3.22. The lowest BCUT2D eigenvalue weighted by molar-refractivity contribution is -0.0873. The number of aryl methyl sites for hydroxylation is 1. The molecule has 0 amide bonds. The molecule has 0 aliphatic carbocycles. The summed E-state index contributed by atoms with van der Waals surface area (Å²) in [6, 6.07) is 0. The Morgan fingerprint density at radius 2 is 1.94 bits per heavy atom. The topological polar surface area (TPSA) is 246 Å². The van der Waals surface area contributed by atoms with Crippen molar-refractivity contribution in [2.24, 2.45) is 0 Å². The maximum Gasteiger partial charge on any atom is 0.490 e. The summed E-state index contributed by atoms with van der Waals surface area (Å²) in [6.45, 7) is 0.730. The summed E-state index contributed by atoms with van der Waals surface area (Å²) in [5.41, 5.74) is 4.94. The molecule has 16 nitrogen and oxygen atoms in total. The predicted octanol–water partition coefficient (Wildman–Crippen LogP) is 0.317. The Labute approximate surface area is 185 Å². The SMILES string of the molecule is C#CC1(COP(=O)(O)OP(=O)(O)OP(=O)(O)O)OC(n2cc(C)c3c(N)ncnc32)CC1O. The number of anilines is 1. The van der Waals surface area contributed by atoms with Gasteiger partial charge in [0.15, 0.2) is 5.60 Å². The van der Waals surface area contributed by atoms with E-state index in [2.05, 4.69) is 29.0 Å². The molecule has 0 spiro atoms. The second kappa shape index (κ2) is 8.83. The maximum absolute atomic E-state index is 12.0. The normalized spacial score (nSPS) is 27.2. The van der Waals surface area contributed by atoms with Gasteiger partial charge in [-0.05, 0) is 12.5 Å². The lowest BCUT2D eigenvalue weighted by Crippen LogP contribution is -2.42. The van der Waals surface area contributed by atoms with E-state index in [-0.39, 0.29) is 12.2 Å². The number of ether oxygens (including phenoxy) is 1. The number of aliphatic hydroxyl groups excluding tert-OH is 1. The first-order valence-corrected chi connectivity index (χ1v) is 13.3. The molecule has 0 aromatic carbocycles. The number of nitrogens with two attached hydrogens (primary N) is 1. The van der Waals surface area contributed by atoms with E-state index >= 15 is 0 Å². The van der Waals surface area contributed by atoms with E-state index in [4.69, 9.17) is 26.7 Å². The fraction of sp³-hybridized carbons (Fsp3) is 0.429. The van der Waals surface area contributed by atoms with E-state index in [0.717, 1.165) is 0 Å².